The number of rotatable bonds is 16. The lowest BCUT2D eigenvalue weighted by Gasteiger charge is -2.29. The third-order valence-corrected chi connectivity index (χ3v) is 8.76. The molecule has 0 spiro atoms. The first kappa shape index (κ1) is 32.9. The smallest absolute Gasteiger partial charge is 0.411 e. The average Bonchev–Trinajstić information content (AvgIpc) is 2.99. The highest BCUT2D eigenvalue weighted by Crippen LogP contribution is 2.24. The zero-order chi connectivity index (χ0) is 30.5. The molecule has 0 aromatic heterocycles. The largest absolute Gasteiger partial charge is 0.497 e. The van der Waals surface area contributed by atoms with Gasteiger partial charge in [0.25, 0.3) is 0 Å². The molecule has 1 aliphatic carbocycles. The van der Waals surface area contributed by atoms with Crippen LogP contribution in [0.3, 0.4) is 0 Å². The molecule has 2 unspecified atom stereocenters. The van der Waals surface area contributed by atoms with E-state index in [0.717, 1.165) is 12.0 Å². The van der Waals surface area contributed by atoms with E-state index in [-0.39, 0.29) is 44.4 Å². The van der Waals surface area contributed by atoms with Crippen LogP contribution in [0.2, 0.25) is 0 Å². The van der Waals surface area contributed by atoms with Gasteiger partial charge < -0.3 is 14.2 Å². The Balaban J connectivity index is 1.67. The van der Waals surface area contributed by atoms with Crippen molar-refractivity contribution < 1.29 is 32.2 Å². The maximum atomic E-state index is 13.6. The topological polar surface area (TPSA) is 102 Å². The van der Waals surface area contributed by atoms with Crippen LogP contribution in [-0.2, 0) is 26.2 Å². The third-order valence-electron chi connectivity index (χ3n) is 6.97. The lowest BCUT2D eigenvalue weighted by atomic mass is 9.98. The summed E-state index contributed by atoms with van der Waals surface area (Å²) in [5, 5.41) is 0. The highest BCUT2D eigenvalue weighted by molar-refractivity contribution is 7.89. The first-order valence-corrected chi connectivity index (χ1v) is 15.9. The summed E-state index contributed by atoms with van der Waals surface area (Å²) >= 11 is 0. The minimum atomic E-state index is -3.90. The number of methoxy groups -OCH3 is 1. The normalized spacial score (nSPS) is 15.7. The van der Waals surface area contributed by atoms with E-state index in [0.29, 0.717) is 23.5 Å². The van der Waals surface area contributed by atoms with Gasteiger partial charge in [-0.3, -0.25) is 9.69 Å². The van der Waals surface area contributed by atoms with Crippen LogP contribution in [0, 0.1) is 5.92 Å². The van der Waals surface area contributed by atoms with E-state index in [2.05, 4.69) is 0 Å². The number of ketones is 1. The lowest BCUT2D eigenvalue weighted by molar-refractivity contribution is -0.120. The summed E-state index contributed by atoms with van der Waals surface area (Å²) in [5.41, 5.74) is 1.29. The number of hydrogen-bond acceptors (Lipinski definition) is 7. The second kappa shape index (κ2) is 16.1. The summed E-state index contributed by atoms with van der Waals surface area (Å²) in [6, 6.07) is 16.3. The van der Waals surface area contributed by atoms with Crippen LogP contribution in [-0.4, -0.2) is 68.2 Å². The van der Waals surface area contributed by atoms with Crippen LogP contribution in [0.1, 0.15) is 45.6 Å². The molecule has 0 bridgehead atoms. The predicted octanol–water partition coefficient (Wildman–Crippen LogP) is 5.58. The maximum Gasteiger partial charge on any atom is 0.411 e. The molecule has 0 aliphatic heterocycles. The van der Waals surface area contributed by atoms with Crippen LogP contribution < -0.4 is 9.47 Å². The molecule has 2 aromatic rings. The standard InChI is InChI=1S/C32H42N2O7S/c1-5-19-34(20-18-27-14-10-17-30(31(27)35)41-29-16-11-15-28(21-29)39-4)42(37,38)24-33(22-25(3)6-2)32(36)40-23-26-12-8-7-9-13-26/h7-17,21,25,30H,5-6,18-20,22-24H2,1-4H3. The fraction of sp³-hybridized carbons (Fsp3) is 0.438. The summed E-state index contributed by atoms with van der Waals surface area (Å²) < 4.78 is 45.2. The first-order chi connectivity index (χ1) is 20.2. The monoisotopic (exact) mass is 598 g/mol. The number of amides is 1. The third kappa shape index (κ3) is 9.73. The maximum absolute atomic E-state index is 13.6. The molecular formula is C32H42N2O7S. The number of ether oxygens (including phenoxy) is 3. The van der Waals surface area contributed by atoms with Crippen molar-refractivity contribution >= 4 is 21.9 Å². The Labute approximate surface area is 249 Å². The van der Waals surface area contributed by atoms with Crippen molar-refractivity contribution in [3.05, 3.63) is 84.0 Å². The number of carbonyl (C=O) groups excluding carboxylic acids is 2. The molecule has 0 saturated heterocycles. The Morgan fingerprint density at radius 1 is 1.02 bits per heavy atom. The van der Waals surface area contributed by atoms with Gasteiger partial charge in [0.15, 0.2) is 6.10 Å². The van der Waals surface area contributed by atoms with Gasteiger partial charge in [-0.15, -0.1) is 0 Å². The average molecular weight is 599 g/mol. The SMILES string of the molecule is CCCN(CCC1=CC=CC(Oc2cccc(OC)c2)C1=O)S(=O)(=O)CN(CC(C)CC)C(=O)OCc1ccccc1. The number of benzene rings is 2. The highest BCUT2D eigenvalue weighted by Gasteiger charge is 2.30. The fourth-order valence-corrected chi connectivity index (χ4v) is 6.00. The van der Waals surface area contributed by atoms with Crippen LogP contribution in [0.25, 0.3) is 0 Å². The van der Waals surface area contributed by atoms with Crippen molar-refractivity contribution in [2.75, 3.05) is 32.6 Å². The second-order valence-corrected chi connectivity index (χ2v) is 12.3. The molecule has 0 radical (unpaired) electrons. The molecule has 0 saturated carbocycles. The van der Waals surface area contributed by atoms with E-state index in [1.807, 2.05) is 51.1 Å². The Morgan fingerprint density at radius 2 is 1.76 bits per heavy atom. The molecule has 1 aliphatic rings. The summed E-state index contributed by atoms with van der Waals surface area (Å²) in [6.07, 6.45) is 5.19. The molecule has 2 aromatic carbocycles. The number of carbonyl (C=O) groups is 2. The van der Waals surface area contributed by atoms with E-state index in [1.165, 1.54) is 9.21 Å². The molecule has 0 N–H and O–H groups in total. The van der Waals surface area contributed by atoms with Crippen molar-refractivity contribution in [1.29, 1.82) is 0 Å². The van der Waals surface area contributed by atoms with Crippen LogP contribution in [0.5, 0.6) is 11.5 Å². The van der Waals surface area contributed by atoms with Gasteiger partial charge >= 0.3 is 6.09 Å². The molecule has 9 nitrogen and oxygen atoms in total. The van der Waals surface area contributed by atoms with Crippen molar-refractivity contribution in [3.8, 4) is 11.5 Å². The van der Waals surface area contributed by atoms with E-state index >= 15 is 0 Å². The number of nitrogens with zero attached hydrogens (tertiary/aromatic N) is 2. The molecule has 10 heteroatoms. The number of sulfonamides is 1. The van der Waals surface area contributed by atoms with Gasteiger partial charge in [-0.25, -0.2) is 17.5 Å². The minimum Gasteiger partial charge on any atom is -0.497 e. The quantitative estimate of drug-likeness (QED) is 0.249. The molecule has 0 fully saturated rings. The van der Waals surface area contributed by atoms with Gasteiger partial charge in [0.05, 0.1) is 7.11 Å². The summed E-state index contributed by atoms with van der Waals surface area (Å²) in [7, 11) is -2.34. The molecule has 42 heavy (non-hydrogen) atoms. The van der Waals surface area contributed by atoms with Crippen molar-refractivity contribution in [2.45, 2.75) is 52.7 Å². The lowest BCUT2D eigenvalue weighted by Crippen LogP contribution is -2.45. The zero-order valence-electron chi connectivity index (χ0n) is 24.9. The molecule has 1 amide bonds. The van der Waals surface area contributed by atoms with Gasteiger partial charge in [0, 0.05) is 31.3 Å². The van der Waals surface area contributed by atoms with Crippen LogP contribution in [0.15, 0.2) is 78.4 Å². The van der Waals surface area contributed by atoms with Gasteiger partial charge in [0.2, 0.25) is 15.8 Å². The van der Waals surface area contributed by atoms with Gasteiger partial charge in [0.1, 0.15) is 24.0 Å². The van der Waals surface area contributed by atoms with Crippen LogP contribution in [0.4, 0.5) is 4.79 Å². The summed E-state index contributed by atoms with van der Waals surface area (Å²) in [5.74, 6) is 0.468. The molecular weight excluding hydrogens is 556 g/mol. The first-order valence-electron chi connectivity index (χ1n) is 14.3. The summed E-state index contributed by atoms with van der Waals surface area (Å²) in [4.78, 5) is 27.5. The molecule has 228 valence electrons. The van der Waals surface area contributed by atoms with E-state index < -0.39 is 28.1 Å². The van der Waals surface area contributed by atoms with Gasteiger partial charge in [-0.2, -0.15) is 0 Å². The number of Topliss-reactive ketones (excluding diaryl/α,β-unsaturated/α-hetero) is 1. The summed E-state index contributed by atoms with van der Waals surface area (Å²) in [6.45, 7) is 6.51. The van der Waals surface area contributed by atoms with Crippen molar-refractivity contribution in [1.82, 2.24) is 9.21 Å². The van der Waals surface area contributed by atoms with Crippen molar-refractivity contribution in [3.63, 3.8) is 0 Å². The highest BCUT2D eigenvalue weighted by atomic mass is 32.2. The predicted molar refractivity (Wildman–Crippen MR) is 163 cm³/mol. The minimum absolute atomic E-state index is 0.0538. The van der Waals surface area contributed by atoms with E-state index in [4.69, 9.17) is 14.2 Å². The van der Waals surface area contributed by atoms with E-state index in [1.54, 1.807) is 49.6 Å². The van der Waals surface area contributed by atoms with Gasteiger partial charge in [-0.05, 0) is 42.5 Å². The molecule has 2 atom stereocenters. The Bertz CT molecular complexity index is 1340. The Morgan fingerprint density at radius 3 is 2.45 bits per heavy atom. The second-order valence-electron chi connectivity index (χ2n) is 10.3. The van der Waals surface area contributed by atoms with Gasteiger partial charge in [-0.1, -0.05) is 75.7 Å². The molecule has 3 rings (SSSR count). The molecule has 0 heterocycles. The van der Waals surface area contributed by atoms with Crippen molar-refractivity contribution in [2.24, 2.45) is 5.92 Å². The van der Waals surface area contributed by atoms with Crippen LogP contribution >= 0.6 is 0 Å². The van der Waals surface area contributed by atoms with E-state index in [9.17, 15) is 18.0 Å². The number of hydrogen-bond donors (Lipinski definition) is 0. The number of allylic oxidation sites excluding steroid dienone is 2. The zero-order valence-corrected chi connectivity index (χ0v) is 25.7. The Hall–Kier alpha value is -3.63. The fourth-order valence-electron chi connectivity index (χ4n) is 4.40. The Kier molecular flexibility index (Phi) is 12.6.